The lowest BCUT2D eigenvalue weighted by molar-refractivity contribution is 0.102. The van der Waals surface area contributed by atoms with E-state index in [1.807, 2.05) is 0 Å². The summed E-state index contributed by atoms with van der Waals surface area (Å²) in [5.41, 5.74) is 0.346. The van der Waals surface area contributed by atoms with E-state index in [2.05, 4.69) is 5.32 Å². The third-order valence-corrected chi connectivity index (χ3v) is 6.63. The summed E-state index contributed by atoms with van der Waals surface area (Å²) in [5, 5.41) is 13.1. The van der Waals surface area contributed by atoms with Gasteiger partial charge in [0.1, 0.15) is 5.75 Å². The van der Waals surface area contributed by atoms with Crippen LogP contribution in [-0.4, -0.2) is 36.8 Å². The van der Waals surface area contributed by atoms with Crippen LogP contribution in [0, 0.1) is 0 Å². The van der Waals surface area contributed by atoms with Crippen molar-refractivity contribution in [2.45, 2.75) is 30.6 Å². The molecule has 27 heavy (non-hydrogen) atoms. The van der Waals surface area contributed by atoms with Crippen molar-refractivity contribution < 1.29 is 18.3 Å². The minimum absolute atomic E-state index is 0.00144. The van der Waals surface area contributed by atoms with Gasteiger partial charge in [0.2, 0.25) is 10.0 Å². The zero-order valence-electron chi connectivity index (χ0n) is 14.7. The lowest BCUT2D eigenvalue weighted by Crippen LogP contribution is -2.32. The quantitative estimate of drug-likeness (QED) is 0.804. The molecule has 0 aromatic heterocycles. The third-order valence-electron chi connectivity index (χ3n) is 4.50. The van der Waals surface area contributed by atoms with Gasteiger partial charge in [0.15, 0.2) is 0 Å². The van der Waals surface area contributed by atoms with Gasteiger partial charge in [-0.25, -0.2) is 8.42 Å². The molecule has 1 saturated heterocycles. The van der Waals surface area contributed by atoms with Crippen molar-refractivity contribution >= 4 is 33.2 Å². The Kier molecular flexibility index (Phi) is 6.04. The predicted molar refractivity (Wildman–Crippen MR) is 105 cm³/mol. The average Bonchev–Trinajstić information content (AvgIpc) is 2.92. The van der Waals surface area contributed by atoms with Crippen LogP contribution < -0.4 is 5.32 Å². The molecule has 0 aliphatic carbocycles. The first-order chi connectivity index (χ1) is 12.9. The largest absolute Gasteiger partial charge is 0.507 e. The van der Waals surface area contributed by atoms with Crippen molar-refractivity contribution in [2.24, 2.45) is 0 Å². The minimum atomic E-state index is -3.72. The molecule has 144 valence electrons. The Morgan fingerprint density at radius 1 is 1.04 bits per heavy atom. The van der Waals surface area contributed by atoms with Gasteiger partial charge in [0.05, 0.1) is 10.5 Å². The standard InChI is InChI=1S/C19H21ClN2O4S/c20-14-6-5-7-15(12-14)21-19(24)17-13-16(8-9-18(17)23)27(25,26)22-10-3-1-2-4-11-22/h5-9,12-13,23H,1-4,10-11H2,(H,21,24). The van der Waals surface area contributed by atoms with Gasteiger partial charge >= 0.3 is 0 Å². The van der Waals surface area contributed by atoms with Crippen LogP contribution in [-0.2, 0) is 10.0 Å². The van der Waals surface area contributed by atoms with Gasteiger partial charge in [-0.1, -0.05) is 30.5 Å². The van der Waals surface area contributed by atoms with E-state index in [1.165, 1.54) is 22.5 Å². The number of carbonyl (C=O) groups excluding carboxylic acids is 1. The Balaban J connectivity index is 1.88. The minimum Gasteiger partial charge on any atom is -0.507 e. The van der Waals surface area contributed by atoms with E-state index in [0.29, 0.717) is 23.8 Å². The summed E-state index contributed by atoms with van der Waals surface area (Å²) in [6, 6.07) is 10.3. The fourth-order valence-corrected chi connectivity index (χ4v) is 4.79. The number of rotatable bonds is 4. The molecule has 0 unspecified atom stereocenters. The van der Waals surface area contributed by atoms with Gasteiger partial charge in [-0.05, 0) is 49.2 Å². The van der Waals surface area contributed by atoms with Gasteiger partial charge in [0, 0.05) is 23.8 Å². The maximum Gasteiger partial charge on any atom is 0.259 e. The summed E-state index contributed by atoms with van der Waals surface area (Å²) in [6.07, 6.45) is 3.66. The lowest BCUT2D eigenvalue weighted by atomic mass is 10.2. The monoisotopic (exact) mass is 408 g/mol. The summed E-state index contributed by atoms with van der Waals surface area (Å²) in [4.78, 5) is 12.5. The highest BCUT2D eigenvalue weighted by Gasteiger charge is 2.26. The highest BCUT2D eigenvalue weighted by atomic mass is 35.5. The van der Waals surface area contributed by atoms with Gasteiger partial charge in [-0.2, -0.15) is 4.31 Å². The van der Waals surface area contributed by atoms with Crippen molar-refractivity contribution in [3.05, 3.63) is 53.1 Å². The Morgan fingerprint density at radius 2 is 1.74 bits per heavy atom. The number of nitrogens with one attached hydrogen (secondary N) is 1. The summed E-state index contributed by atoms with van der Waals surface area (Å²) in [6.45, 7) is 0.931. The molecule has 8 heteroatoms. The molecule has 0 saturated carbocycles. The molecule has 2 aromatic rings. The molecule has 0 spiro atoms. The molecule has 0 radical (unpaired) electrons. The summed E-state index contributed by atoms with van der Waals surface area (Å²) in [7, 11) is -3.72. The Morgan fingerprint density at radius 3 is 2.41 bits per heavy atom. The number of halogens is 1. The van der Waals surface area contributed by atoms with Gasteiger partial charge in [-0.15, -0.1) is 0 Å². The molecule has 1 heterocycles. The third kappa shape index (κ3) is 4.61. The smallest absolute Gasteiger partial charge is 0.259 e. The van der Waals surface area contributed by atoms with Crippen LogP contribution in [0.2, 0.25) is 5.02 Å². The van der Waals surface area contributed by atoms with Crippen molar-refractivity contribution in [3.8, 4) is 5.75 Å². The number of phenols is 1. The number of carbonyl (C=O) groups is 1. The van der Waals surface area contributed by atoms with E-state index >= 15 is 0 Å². The molecule has 1 aliphatic heterocycles. The number of sulfonamides is 1. The highest BCUT2D eigenvalue weighted by Crippen LogP contribution is 2.26. The Hall–Kier alpha value is -2.09. The fraction of sp³-hybridized carbons (Fsp3) is 0.316. The number of benzene rings is 2. The van der Waals surface area contributed by atoms with E-state index < -0.39 is 15.9 Å². The first-order valence-electron chi connectivity index (χ1n) is 8.78. The number of aromatic hydroxyl groups is 1. The van der Waals surface area contributed by atoms with Crippen molar-refractivity contribution in [1.82, 2.24) is 4.31 Å². The molecule has 1 amide bonds. The molecular weight excluding hydrogens is 388 g/mol. The number of amides is 1. The second-order valence-electron chi connectivity index (χ2n) is 6.46. The van der Waals surface area contributed by atoms with Crippen LogP contribution in [0.5, 0.6) is 5.75 Å². The Bertz CT molecular complexity index is 938. The number of phenolic OH excluding ortho intramolecular Hbond substituents is 1. The van der Waals surface area contributed by atoms with Crippen LogP contribution in [0.4, 0.5) is 5.69 Å². The van der Waals surface area contributed by atoms with Gasteiger partial charge in [-0.3, -0.25) is 4.79 Å². The fourth-order valence-electron chi connectivity index (χ4n) is 3.05. The molecule has 1 aliphatic rings. The van der Waals surface area contributed by atoms with Crippen LogP contribution >= 0.6 is 11.6 Å². The molecule has 6 nitrogen and oxygen atoms in total. The molecule has 0 atom stereocenters. The summed E-state index contributed by atoms with van der Waals surface area (Å²) in [5.74, 6) is -0.896. The summed E-state index contributed by atoms with van der Waals surface area (Å²) < 4.78 is 27.3. The average molecular weight is 409 g/mol. The second kappa shape index (κ2) is 8.29. The molecule has 0 bridgehead atoms. The molecular formula is C19H21ClN2O4S. The van der Waals surface area contributed by atoms with E-state index in [4.69, 9.17) is 11.6 Å². The first kappa shape index (κ1) is 19.7. The zero-order valence-corrected chi connectivity index (χ0v) is 16.3. The van der Waals surface area contributed by atoms with Crippen LogP contribution in [0.1, 0.15) is 36.0 Å². The molecule has 2 N–H and O–H groups in total. The topological polar surface area (TPSA) is 86.7 Å². The van der Waals surface area contributed by atoms with E-state index in [9.17, 15) is 18.3 Å². The summed E-state index contributed by atoms with van der Waals surface area (Å²) >= 11 is 5.90. The zero-order chi connectivity index (χ0) is 19.4. The van der Waals surface area contributed by atoms with E-state index in [0.717, 1.165) is 25.7 Å². The van der Waals surface area contributed by atoms with Crippen LogP contribution in [0.3, 0.4) is 0 Å². The van der Waals surface area contributed by atoms with Crippen molar-refractivity contribution in [3.63, 3.8) is 0 Å². The van der Waals surface area contributed by atoms with E-state index in [-0.39, 0.29) is 16.2 Å². The number of nitrogens with zero attached hydrogens (tertiary/aromatic N) is 1. The molecule has 2 aromatic carbocycles. The lowest BCUT2D eigenvalue weighted by Gasteiger charge is -2.20. The van der Waals surface area contributed by atoms with E-state index in [1.54, 1.807) is 24.3 Å². The Labute approximate surface area is 163 Å². The van der Waals surface area contributed by atoms with Gasteiger partial charge < -0.3 is 10.4 Å². The van der Waals surface area contributed by atoms with Crippen molar-refractivity contribution in [2.75, 3.05) is 18.4 Å². The highest BCUT2D eigenvalue weighted by molar-refractivity contribution is 7.89. The molecule has 3 rings (SSSR count). The SMILES string of the molecule is O=C(Nc1cccc(Cl)c1)c1cc(S(=O)(=O)N2CCCCCC2)ccc1O. The number of hydrogen-bond acceptors (Lipinski definition) is 4. The predicted octanol–water partition coefficient (Wildman–Crippen LogP) is 3.86. The first-order valence-corrected chi connectivity index (χ1v) is 10.6. The number of hydrogen-bond donors (Lipinski definition) is 2. The maximum atomic E-state index is 12.9. The number of anilines is 1. The molecule has 1 fully saturated rings. The van der Waals surface area contributed by atoms with Gasteiger partial charge in [0.25, 0.3) is 5.91 Å². The maximum absolute atomic E-state index is 12.9. The second-order valence-corrected chi connectivity index (χ2v) is 8.84. The normalized spacial score (nSPS) is 15.9. The van der Waals surface area contributed by atoms with Crippen molar-refractivity contribution in [1.29, 1.82) is 0 Å². The van der Waals surface area contributed by atoms with Crippen LogP contribution in [0.15, 0.2) is 47.4 Å². The van der Waals surface area contributed by atoms with Crippen LogP contribution in [0.25, 0.3) is 0 Å².